The average Bonchev–Trinajstić information content (AvgIpc) is 2.99. The summed E-state index contributed by atoms with van der Waals surface area (Å²) in [5, 5.41) is 4.50. The second-order valence-corrected chi connectivity index (χ2v) is 5.08. The van der Waals surface area contributed by atoms with Crippen LogP contribution in [0.15, 0.2) is 46.2 Å². The Hall–Kier alpha value is -1.98. The molecular weight excluding hydrogens is 329 g/mol. The number of halogens is 2. The van der Waals surface area contributed by atoms with Crippen molar-refractivity contribution in [1.29, 1.82) is 0 Å². The summed E-state index contributed by atoms with van der Waals surface area (Å²) >= 11 is 11.7. The Labute approximate surface area is 137 Å². The van der Waals surface area contributed by atoms with E-state index in [1.54, 1.807) is 30.3 Å². The summed E-state index contributed by atoms with van der Waals surface area (Å²) in [5.74, 6) is 0.581. The van der Waals surface area contributed by atoms with Gasteiger partial charge in [0.1, 0.15) is 17.7 Å². The average molecular weight is 342 g/mol. The number of hydrogen-bond acceptors (Lipinski definition) is 5. The minimum atomic E-state index is -0.450. The molecule has 0 aliphatic rings. The molecule has 22 heavy (non-hydrogen) atoms. The molecule has 2 rings (SSSR count). The van der Waals surface area contributed by atoms with Crippen molar-refractivity contribution in [3.63, 3.8) is 0 Å². The summed E-state index contributed by atoms with van der Waals surface area (Å²) in [4.78, 5) is 16.1. The Morgan fingerprint density at radius 2 is 2.18 bits per heavy atom. The predicted octanol–water partition coefficient (Wildman–Crippen LogP) is 4.32. The number of rotatable bonds is 7. The van der Waals surface area contributed by atoms with E-state index in [0.29, 0.717) is 34.6 Å². The highest BCUT2D eigenvalue weighted by atomic mass is 35.5. The number of hydrogen-bond donors (Lipinski definition) is 0. The standard InChI is InChI=1S/C15H13Cl2NO4/c16-11-5-6-14(13(17)9-11)21-8-2-4-15(19)22-18-10-12-3-1-7-20-12/h1,3,5-7,9-10H,2,4,8H2/b18-10+. The van der Waals surface area contributed by atoms with E-state index in [2.05, 4.69) is 9.99 Å². The lowest BCUT2D eigenvalue weighted by Crippen LogP contribution is -2.04. The van der Waals surface area contributed by atoms with Gasteiger partial charge in [0.25, 0.3) is 0 Å². The van der Waals surface area contributed by atoms with E-state index in [9.17, 15) is 4.79 Å². The van der Waals surface area contributed by atoms with Gasteiger partial charge in [-0.2, -0.15) is 0 Å². The van der Waals surface area contributed by atoms with Gasteiger partial charge in [0.2, 0.25) is 0 Å². The topological polar surface area (TPSA) is 61.0 Å². The van der Waals surface area contributed by atoms with Crippen LogP contribution in [0, 0.1) is 0 Å². The molecule has 1 heterocycles. The SMILES string of the molecule is O=C(CCCOc1ccc(Cl)cc1Cl)O/N=C/c1ccco1. The van der Waals surface area contributed by atoms with Gasteiger partial charge in [0, 0.05) is 5.02 Å². The van der Waals surface area contributed by atoms with E-state index in [1.165, 1.54) is 12.5 Å². The summed E-state index contributed by atoms with van der Waals surface area (Å²) in [6, 6.07) is 8.36. The van der Waals surface area contributed by atoms with Crippen molar-refractivity contribution in [3.8, 4) is 5.75 Å². The Bertz CT molecular complexity index is 641. The molecule has 0 amide bonds. The second kappa shape index (κ2) is 8.46. The molecular formula is C15H13Cl2NO4. The van der Waals surface area contributed by atoms with E-state index in [1.807, 2.05) is 0 Å². The smallest absolute Gasteiger partial charge is 0.335 e. The fourth-order valence-corrected chi connectivity index (χ4v) is 2.00. The van der Waals surface area contributed by atoms with Gasteiger partial charge in [0.15, 0.2) is 0 Å². The fraction of sp³-hybridized carbons (Fsp3) is 0.200. The van der Waals surface area contributed by atoms with Crippen molar-refractivity contribution in [3.05, 3.63) is 52.4 Å². The maximum atomic E-state index is 11.4. The molecule has 116 valence electrons. The van der Waals surface area contributed by atoms with Gasteiger partial charge >= 0.3 is 5.97 Å². The number of furan rings is 1. The first-order valence-electron chi connectivity index (χ1n) is 6.50. The third-order valence-corrected chi connectivity index (χ3v) is 3.08. The number of carbonyl (C=O) groups excluding carboxylic acids is 1. The van der Waals surface area contributed by atoms with Gasteiger partial charge in [-0.1, -0.05) is 28.4 Å². The Morgan fingerprint density at radius 1 is 1.32 bits per heavy atom. The van der Waals surface area contributed by atoms with Crippen LogP contribution < -0.4 is 4.74 Å². The molecule has 0 atom stereocenters. The lowest BCUT2D eigenvalue weighted by atomic mass is 10.3. The molecule has 0 saturated heterocycles. The third kappa shape index (κ3) is 5.42. The maximum absolute atomic E-state index is 11.4. The minimum Gasteiger partial charge on any atom is -0.492 e. The van der Waals surface area contributed by atoms with Gasteiger partial charge < -0.3 is 14.0 Å². The zero-order valence-electron chi connectivity index (χ0n) is 11.5. The van der Waals surface area contributed by atoms with Crippen LogP contribution in [-0.2, 0) is 9.63 Å². The molecule has 1 aromatic carbocycles. The first-order valence-corrected chi connectivity index (χ1v) is 7.25. The van der Waals surface area contributed by atoms with Crippen molar-refractivity contribution in [2.45, 2.75) is 12.8 Å². The highest BCUT2D eigenvalue weighted by Gasteiger charge is 2.05. The Balaban J connectivity index is 1.64. The maximum Gasteiger partial charge on any atom is 0.335 e. The fourth-order valence-electron chi connectivity index (χ4n) is 1.54. The van der Waals surface area contributed by atoms with Gasteiger partial charge in [-0.25, -0.2) is 4.79 Å². The van der Waals surface area contributed by atoms with Crippen LogP contribution in [-0.4, -0.2) is 18.8 Å². The minimum absolute atomic E-state index is 0.181. The van der Waals surface area contributed by atoms with Crippen molar-refractivity contribution < 1.29 is 18.8 Å². The van der Waals surface area contributed by atoms with Crippen LogP contribution in [0.3, 0.4) is 0 Å². The number of carbonyl (C=O) groups is 1. The molecule has 0 bridgehead atoms. The predicted molar refractivity (Wildman–Crippen MR) is 83.6 cm³/mol. The Morgan fingerprint density at radius 3 is 2.91 bits per heavy atom. The number of benzene rings is 1. The number of oxime groups is 1. The summed E-state index contributed by atoms with van der Waals surface area (Å²) in [7, 11) is 0. The first-order chi connectivity index (χ1) is 10.6. The largest absolute Gasteiger partial charge is 0.492 e. The molecule has 0 saturated carbocycles. The normalized spacial score (nSPS) is 10.8. The Kier molecular flexibility index (Phi) is 6.30. The van der Waals surface area contributed by atoms with Crippen molar-refractivity contribution in [1.82, 2.24) is 0 Å². The van der Waals surface area contributed by atoms with E-state index in [-0.39, 0.29) is 6.42 Å². The zero-order valence-corrected chi connectivity index (χ0v) is 13.0. The van der Waals surface area contributed by atoms with Crippen LogP contribution in [0.1, 0.15) is 18.6 Å². The van der Waals surface area contributed by atoms with Crippen molar-refractivity contribution in [2.24, 2.45) is 5.16 Å². The summed E-state index contributed by atoms with van der Waals surface area (Å²) in [6.07, 6.45) is 3.49. The van der Waals surface area contributed by atoms with Gasteiger partial charge in [-0.3, -0.25) is 0 Å². The summed E-state index contributed by atoms with van der Waals surface area (Å²) < 4.78 is 10.5. The third-order valence-electron chi connectivity index (χ3n) is 2.55. The highest BCUT2D eigenvalue weighted by molar-refractivity contribution is 6.35. The molecule has 1 aromatic heterocycles. The molecule has 2 aromatic rings. The first kappa shape index (κ1) is 16.4. The highest BCUT2D eigenvalue weighted by Crippen LogP contribution is 2.27. The van der Waals surface area contributed by atoms with Crippen LogP contribution >= 0.6 is 23.2 Å². The van der Waals surface area contributed by atoms with Crippen molar-refractivity contribution >= 4 is 35.4 Å². The summed E-state index contributed by atoms with van der Waals surface area (Å²) in [6.45, 7) is 0.332. The molecule has 0 radical (unpaired) electrons. The number of ether oxygens (including phenoxy) is 1. The van der Waals surface area contributed by atoms with Crippen LogP contribution in [0.25, 0.3) is 0 Å². The van der Waals surface area contributed by atoms with Gasteiger partial charge in [0.05, 0.1) is 24.3 Å². The molecule has 0 aliphatic carbocycles. The van der Waals surface area contributed by atoms with E-state index >= 15 is 0 Å². The molecule has 0 spiro atoms. The summed E-state index contributed by atoms with van der Waals surface area (Å²) in [5.41, 5.74) is 0. The van der Waals surface area contributed by atoms with E-state index in [0.717, 1.165) is 0 Å². The van der Waals surface area contributed by atoms with Gasteiger partial charge in [-0.15, -0.1) is 0 Å². The second-order valence-electron chi connectivity index (χ2n) is 4.24. The monoisotopic (exact) mass is 341 g/mol. The molecule has 0 N–H and O–H groups in total. The number of nitrogens with zero attached hydrogens (tertiary/aromatic N) is 1. The molecule has 0 aliphatic heterocycles. The van der Waals surface area contributed by atoms with Crippen LogP contribution in [0.2, 0.25) is 10.0 Å². The van der Waals surface area contributed by atoms with Crippen molar-refractivity contribution in [2.75, 3.05) is 6.61 Å². The lowest BCUT2D eigenvalue weighted by molar-refractivity contribution is -0.143. The molecule has 5 nitrogen and oxygen atoms in total. The van der Waals surface area contributed by atoms with Crippen LogP contribution in [0.4, 0.5) is 0 Å². The van der Waals surface area contributed by atoms with Crippen LogP contribution in [0.5, 0.6) is 5.75 Å². The molecule has 7 heteroatoms. The lowest BCUT2D eigenvalue weighted by Gasteiger charge is -2.07. The quantitative estimate of drug-likeness (QED) is 0.325. The molecule has 0 fully saturated rings. The van der Waals surface area contributed by atoms with E-state index < -0.39 is 5.97 Å². The molecule has 0 unspecified atom stereocenters. The zero-order chi connectivity index (χ0) is 15.8. The van der Waals surface area contributed by atoms with E-state index in [4.69, 9.17) is 32.4 Å². The van der Waals surface area contributed by atoms with Gasteiger partial charge in [-0.05, 0) is 36.8 Å².